The van der Waals surface area contributed by atoms with E-state index >= 15 is 0 Å². The van der Waals surface area contributed by atoms with Crippen molar-refractivity contribution in [3.8, 4) is 5.75 Å². The fourth-order valence-corrected chi connectivity index (χ4v) is 2.10. The van der Waals surface area contributed by atoms with Gasteiger partial charge in [0.2, 0.25) is 5.91 Å². The molecule has 4 nitrogen and oxygen atoms in total. The van der Waals surface area contributed by atoms with Crippen LogP contribution >= 0.6 is 0 Å². The molecule has 0 saturated carbocycles. The van der Waals surface area contributed by atoms with Crippen LogP contribution in [-0.4, -0.2) is 19.1 Å². The summed E-state index contributed by atoms with van der Waals surface area (Å²) in [6, 6.07) is 13.5. The monoisotopic (exact) mass is 320 g/mol. The third-order valence-electron chi connectivity index (χ3n) is 3.20. The fourth-order valence-electron chi connectivity index (χ4n) is 2.10. The number of para-hydroxylation sites is 1. The van der Waals surface area contributed by atoms with Crippen molar-refractivity contribution >= 4 is 17.3 Å². The number of benzene rings is 2. The van der Waals surface area contributed by atoms with Gasteiger partial charge in [-0.25, -0.2) is 0 Å². The highest BCUT2D eigenvalue weighted by Crippen LogP contribution is 2.18. The number of alkyl halides is 2. The molecule has 0 spiro atoms. The Morgan fingerprint density at radius 3 is 2.48 bits per heavy atom. The van der Waals surface area contributed by atoms with Gasteiger partial charge in [-0.1, -0.05) is 25.1 Å². The minimum atomic E-state index is -2.86. The van der Waals surface area contributed by atoms with Crippen LogP contribution in [0.2, 0.25) is 0 Å². The molecule has 0 aromatic heterocycles. The molecule has 23 heavy (non-hydrogen) atoms. The molecule has 0 fully saturated rings. The second-order valence-corrected chi connectivity index (χ2v) is 4.82. The number of carbonyl (C=O) groups is 1. The molecule has 0 aliphatic heterocycles. The van der Waals surface area contributed by atoms with Crippen LogP contribution in [0, 0.1) is 0 Å². The van der Waals surface area contributed by atoms with Gasteiger partial charge in [-0.2, -0.15) is 8.78 Å². The Kier molecular flexibility index (Phi) is 5.91. The summed E-state index contributed by atoms with van der Waals surface area (Å²) in [4.78, 5) is 11.9. The Bertz CT molecular complexity index is 645. The zero-order valence-corrected chi connectivity index (χ0v) is 12.7. The van der Waals surface area contributed by atoms with Crippen molar-refractivity contribution in [2.45, 2.75) is 20.0 Å². The summed E-state index contributed by atoms with van der Waals surface area (Å²) in [6.07, 6.45) is 0.871. The topological polar surface area (TPSA) is 50.4 Å². The van der Waals surface area contributed by atoms with Crippen LogP contribution in [0.4, 0.5) is 20.2 Å². The van der Waals surface area contributed by atoms with Gasteiger partial charge in [0, 0.05) is 11.4 Å². The highest BCUT2D eigenvalue weighted by molar-refractivity contribution is 5.93. The Labute approximate surface area is 133 Å². The molecule has 2 aromatic carbocycles. The van der Waals surface area contributed by atoms with E-state index in [1.165, 1.54) is 24.3 Å². The maximum absolute atomic E-state index is 12.1. The molecular formula is C17H18F2N2O2. The van der Waals surface area contributed by atoms with Gasteiger partial charge in [-0.15, -0.1) is 0 Å². The van der Waals surface area contributed by atoms with E-state index in [1.807, 2.05) is 31.2 Å². The average Bonchev–Trinajstić information content (AvgIpc) is 2.54. The Hall–Kier alpha value is -2.63. The number of nitrogens with one attached hydrogen (secondary N) is 2. The summed E-state index contributed by atoms with van der Waals surface area (Å²) >= 11 is 0. The van der Waals surface area contributed by atoms with Crippen LogP contribution in [-0.2, 0) is 11.2 Å². The van der Waals surface area contributed by atoms with E-state index in [9.17, 15) is 13.6 Å². The van der Waals surface area contributed by atoms with Crippen LogP contribution in [0.5, 0.6) is 5.75 Å². The number of aryl methyl sites for hydroxylation is 1. The van der Waals surface area contributed by atoms with E-state index in [1.54, 1.807) is 0 Å². The summed E-state index contributed by atoms with van der Waals surface area (Å²) in [5, 5.41) is 5.77. The Morgan fingerprint density at radius 1 is 1.13 bits per heavy atom. The lowest BCUT2D eigenvalue weighted by Gasteiger charge is -2.11. The first-order valence-corrected chi connectivity index (χ1v) is 7.25. The van der Waals surface area contributed by atoms with E-state index in [0.29, 0.717) is 5.69 Å². The molecule has 0 atom stereocenters. The van der Waals surface area contributed by atoms with Crippen LogP contribution < -0.4 is 15.4 Å². The van der Waals surface area contributed by atoms with Gasteiger partial charge in [0.15, 0.2) is 0 Å². The minimum Gasteiger partial charge on any atom is -0.435 e. The molecule has 0 heterocycles. The van der Waals surface area contributed by atoms with Crippen molar-refractivity contribution in [1.29, 1.82) is 0 Å². The lowest BCUT2D eigenvalue weighted by atomic mass is 10.1. The second-order valence-electron chi connectivity index (χ2n) is 4.82. The molecule has 2 N–H and O–H groups in total. The van der Waals surface area contributed by atoms with E-state index in [-0.39, 0.29) is 18.2 Å². The van der Waals surface area contributed by atoms with Gasteiger partial charge < -0.3 is 15.4 Å². The van der Waals surface area contributed by atoms with Crippen LogP contribution in [0.1, 0.15) is 12.5 Å². The number of hydrogen-bond acceptors (Lipinski definition) is 3. The number of anilines is 2. The normalized spacial score (nSPS) is 10.4. The first kappa shape index (κ1) is 16.7. The van der Waals surface area contributed by atoms with E-state index in [0.717, 1.165) is 17.7 Å². The highest BCUT2D eigenvalue weighted by atomic mass is 19.3. The summed E-state index contributed by atoms with van der Waals surface area (Å²) < 4.78 is 28.4. The maximum Gasteiger partial charge on any atom is 0.387 e. The number of ether oxygens (including phenoxy) is 1. The fraction of sp³-hybridized carbons (Fsp3) is 0.235. The van der Waals surface area contributed by atoms with Crippen molar-refractivity contribution in [1.82, 2.24) is 0 Å². The van der Waals surface area contributed by atoms with E-state index in [2.05, 4.69) is 15.4 Å². The summed E-state index contributed by atoms with van der Waals surface area (Å²) in [7, 11) is 0. The highest BCUT2D eigenvalue weighted by Gasteiger charge is 2.06. The molecule has 0 unspecified atom stereocenters. The van der Waals surface area contributed by atoms with Gasteiger partial charge in [-0.05, 0) is 42.3 Å². The smallest absolute Gasteiger partial charge is 0.387 e. The minimum absolute atomic E-state index is 0.0491. The molecule has 0 aliphatic carbocycles. The van der Waals surface area contributed by atoms with E-state index < -0.39 is 6.61 Å². The van der Waals surface area contributed by atoms with Crippen molar-refractivity contribution in [2.24, 2.45) is 0 Å². The molecule has 1 amide bonds. The quantitative estimate of drug-likeness (QED) is 0.813. The number of amides is 1. The van der Waals surface area contributed by atoms with Gasteiger partial charge in [0.25, 0.3) is 0 Å². The van der Waals surface area contributed by atoms with Gasteiger partial charge in [0.05, 0.1) is 6.54 Å². The summed E-state index contributed by atoms with van der Waals surface area (Å²) in [5.41, 5.74) is 2.57. The lowest BCUT2D eigenvalue weighted by molar-refractivity contribution is -0.114. The van der Waals surface area contributed by atoms with Crippen molar-refractivity contribution in [2.75, 3.05) is 17.2 Å². The Morgan fingerprint density at radius 2 is 1.83 bits per heavy atom. The lowest BCUT2D eigenvalue weighted by Crippen LogP contribution is -2.22. The SMILES string of the molecule is CCc1ccccc1NCC(=O)Nc1ccc(OC(F)F)cc1. The zero-order valence-electron chi connectivity index (χ0n) is 12.7. The molecular weight excluding hydrogens is 302 g/mol. The molecule has 0 aliphatic rings. The van der Waals surface area contributed by atoms with Crippen LogP contribution in [0.15, 0.2) is 48.5 Å². The van der Waals surface area contributed by atoms with Crippen molar-refractivity contribution in [3.63, 3.8) is 0 Å². The molecule has 6 heteroatoms. The first-order chi connectivity index (χ1) is 11.1. The largest absolute Gasteiger partial charge is 0.435 e. The van der Waals surface area contributed by atoms with Crippen LogP contribution in [0.3, 0.4) is 0 Å². The summed E-state index contributed by atoms with van der Waals surface area (Å²) in [5.74, 6) is -0.175. The van der Waals surface area contributed by atoms with Crippen molar-refractivity contribution in [3.05, 3.63) is 54.1 Å². The molecule has 0 saturated heterocycles. The molecule has 0 radical (unpaired) electrons. The van der Waals surface area contributed by atoms with Crippen molar-refractivity contribution < 1.29 is 18.3 Å². The first-order valence-electron chi connectivity index (χ1n) is 7.25. The predicted octanol–water partition coefficient (Wildman–Crippen LogP) is 3.90. The average molecular weight is 320 g/mol. The molecule has 122 valence electrons. The number of carbonyl (C=O) groups excluding carboxylic acids is 1. The third-order valence-corrected chi connectivity index (χ3v) is 3.20. The number of halogens is 2. The summed E-state index contributed by atoms with van der Waals surface area (Å²) in [6.45, 7) is -0.700. The molecule has 2 aromatic rings. The van der Waals surface area contributed by atoms with Crippen LogP contribution in [0.25, 0.3) is 0 Å². The Balaban J connectivity index is 1.87. The third kappa shape index (κ3) is 5.25. The van der Waals surface area contributed by atoms with Gasteiger partial charge >= 0.3 is 6.61 Å². The standard InChI is InChI=1S/C17H18F2N2O2/c1-2-12-5-3-4-6-15(12)20-11-16(22)21-13-7-9-14(10-8-13)23-17(18)19/h3-10,17,20H,2,11H2,1H3,(H,21,22). The predicted molar refractivity (Wildman–Crippen MR) is 86.0 cm³/mol. The van der Waals surface area contributed by atoms with Gasteiger partial charge in [-0.3, -0.25) is 4.79 Å². The second kappa shape index (κ2) is 8.12. The zero-order chi connectivity index (χ0) is 16.7. The van der Waals surface area contributed by atoms with E-state index in [4.69, 9.17) is 0 Å². The maximum atomic E-state index is 12.1. The molecule has 0 bridgehead atoms. The number of hydrogen-bond donors (Lipinski definition) is 2. The van der Waals surface area contributed by atoms with Gasteiger partial charge in [0.1, 0.15) is 5.75 Å². The number of rotatable bonds is 7. The molecule has 2 rings (SSSR count).